The van der Waals surface area contributed by atoms with Crippen molar-refractivity contribution < 1.29 is 14.6 Å². The predicted octanol–water partition coefficient (Wildman–Crippen LogP) is 2.09. The van der Waals surface area contributed by atoms with Crippen LogP contribution in [0.4, 0.5) is 5.69 Å². The lowest BCUT2D eigenvalue weighted by molar-refractivity contribution is -0.116. The van der Waals surface area contributed by atoms with Crippen LogP contribution in [-0.4, -0.2) is 30.8 Å². The molecule has 1 aromatic carbocycles. The molecule has 4 nitrogen and oxygen atoms in total. The van der Waals surface area contributed by atoms with E-state index in [0.29, 0.717) is 26.1 Å². The van der Waals surface area contributed by atoms with Gasteiger partial charge in [0.2, 0.25) is 5.91 Å². The zero-order valence-electron chi connectivity index (χ0n) is 12.0. The van der Waals surface area contributed by atoms with Crippen LogP contribution in [0.3, 0.4) is 0 Å². The van der Waals surface area contributed by atoms with E-state index in [1.807, 2.05) is 26.0 Å². The van der Waals surface area contributed by atoms with Gasteiger partial charge in [-0.05, 0) is 44.0 Å². The molecule has 0 aliphatic heterocycles. The third-order valence-electron chi connectivity index (χ3n) is 2.57. The molecule has 108 valence electrons. The third-order valence-corrected chi connectivity index (χ3v) is 2.57. The van der Waals surface area contributed by atoms with E-state index in [1.165, 1.54) is 0 Å². The topological polar surface area (TPSA) is 58.6 Å². The zero-order chi connectivity index (χ0) is 14.8. The van der Waals surface area contributed by atoms with E-state index in [1.54, 1.807) is 6.07 Å². The van der Waals surface area contributed by atoms with Crippen molar-refractivity contribution in [2.75, 3.05) is 25.1 Å². The zero-order valence-corrected chi connectivity index (χ0v) is 12.0. The molecule has 0 aromatic heterocycles. The molecule has 1 rings (SSSR count). The fourth-order valence-electron chi connectivity index (χ4n) is 1.77. The second-order valence-corrected chi connectivity index (χ2v) is 4.40. The lowest BCUT2D eigenvalue weighted by Crippen LogP contribution is -2.12. The highest BCUT2D eigenvalue weighted by molar-refractivity contribution is 5.91. The van der Waals surface area contributed by atoms with Crippen molar-refractivity contribution >= 4 is 11.6 Å². The fourth-order valence-corrected chi connectivity index (χ4v) is 1.77. The summed E-state index contributed by atoms with van der Waals surface area (Å²) in [6.45, 7) is 4.97. The SMILES string of the molecule is CCOCCCC(=O)Nc1cc(C)cc(C#CCO)c1. The summed E-state index contributed by atoms with van der Waals surface area (Å²) in [5.41, 5.74) is 2.52. The number of aliphatic hydroxyl groups is 1. The number of ether oxygens (including phenoxy) is 1. The molecule has 1 amide bonds. The van der Waals surface area contributed by atoms with Gasteiger partial charge in [-0.3, -0.25) is 4.79 Å². The number of carbonyl (C=O) groups excluding carboxylic acids is 1. The molecule has 0 fully saturated rings. The predicted molar refractivity (Wildman–Crippen MR) is 79.5 cm³/mol. The first-order chi connectivity index (χ1) is 9.65. The summed E-state index contributed by atoms with van der Waals surface area (Å²) in [7, 11) is 0. The number of benzene rings is 1. The van der Waals surface area contributed by atoms with Gasteiger partial charge in [-0.2, -0.15) is 0 Å². The Morgan fingerprint density at radius 1 is 1.40 bits per heavy atom. The van der Waals surface area contributed by atoms with E-state index < -0.39 is 0 Å². The van der Waals surface area contributed by atoms with Gasteiger partial charge in [0.25, 0.3) is 0 Å². The third kappa shape index (κ3) is 6.37. The fraction of sp³-hybridized carbons (Fsp3) is 0.438. The molecule has 0 spiro atoms. The van der Waals surface area contributed by atoms with Gasteiger partial charge in [0.1, 0.15) is 6.61 Å². The van der Waals surface area contributed by atoms with E-state index in [0.717, 1.165) is 16.8 Å². The van der Waals surface area contributed by atoms with Crippen molar-refractivity contribution in [3.63, 3.8) is 0 Å². The van der Waals surface area contributed by atoms with Crippen LogP contribution in [-0.2, 0) is 9.53 Å². The minimum atomic E-state index is -0.174. The standard InChI is InChI=1S/C16H21NO3/c1-3-20-9-5-7-16(19)17-15-11-13(2)10-14(12-15)6-4-8-18/h10-12,18H,3,5,7-9H2,1-2H3,(H,17,19). The maximum atomic E-state index is 11.8. The minimum absolute atomic E-state index is 0.0311. The summed E-state index contributed by atoms with van der Waals surface area (Å²) < 4.78 is 5.19. The highest BCUT2D eigenvalue weighted by Crippen LogP contribution is 2.14. The molecule has 0 atom stereocenters. The highest BCUT2D eigenvalue weighted by Gasteiger charge is 2.03. The lowest BCUT2D eigenvalue weighted by atomic mass is 10.1. The van der Waals surface area contributed by atoms with E-state index in [2.05, 4.69) is 17.2 Å². The summed E-state index contributed by atoms with van der Waals surface area (Å²) >= 11 is 0. The Labute approximate surface area is 120 Å². The van der Waals surface area contributed by atoms with Gasteiger partial charge in [-0.1, -0.05) is 11.8 Å². The molecular weight excluding hydrogens is 254 g/mol. The van der Waals surface area contributed by atoms with Crippen LogP contribution >= 0.6 is 0 Å². The highest BCUT2D eigenvalue weighted by atomic mass is 16.5. The maximum Gasteiger partial charge on any atom is 0.224 e. The largest absolute Gasteiger partial charge is 0.384 e. The van der Waals surface area contributed by atoms with Crippen molar-refractivity contribution in [1.29, 1.82) is 0 Å². The summed E-state index contributed by atoms with van der Waals surface area (Å²) in [6.07, 6.45) is 1.15. The second kappa shape index (κ2) is 9.13. The number of rotatable bonds is 6. The van der Waals surface area contributed by atoms with E-state index >= 15 is 0 Å². The van der Waals surface area contributed by atoms with Gasteiger partial charge in [0, 0.05) is 30.9 Å². The maximum absolute atomic E-state index is 11.8. The molecule has 0 unspecified atom stereocenters. The van der Waals surface area contributed by atoms with Gasteiger partial charge in [-0.25, -0.2) is 0 Å². The Balaban J connectivity index is 2.58. The van der Waals surface area contributed by atoms with E-state index in [-0.39, 0.29) is 12.5 Å². The van der Waals surface area contributed by atoms with Crippen LogP contribution in [0.2, 0.25) is 0 Å². The molecule has 1 aromatic rings. The van der Waals surface area contributed by atoms with Gasteiger partial charge < -0.3 is 15.2 Å². The van der Waals surface area contributed by atoms with Crippen LogP contribution in [0.25, 0.3) is 0 Å². The Morgan fingerprint density at radius 3 is 2.90 bits per heavy atom. The van der Waals surface area contributed by atoms with Crippen molar-refractivity contribution in [1.82, 2.24) is 0 Å². The molecule has 20 heavy (non-hydrogen) atoms. The van der Waals surface area contributed by atoms with Crippen LogP contribution in [0.15, 0.2) is 18.2 Å². The number of hydrogen-bond donors (Lipinski definition) is 2. The number of amides is 1. The molecule has 0 aliphatic rings. The summed E-state index contributed by atoms with van der Waals surface area (Å²) in [5, 5.41) is 11.5. The number of hydrogen-bond acceptors (Lipinski definition) is 3. The Hall–Kier alpha value is -1.83. The number of anilines is 1. The summed E-state index contributed by atoms with van der Waals surface area (Å²) in [5.74, 6) is 5.40. The minimum Gasteiger partial charge on any atom is -0.384 e. The van der Waals surface area contributed by atoms with Crippen LogP contribution < -0.4 is 5.32 Å². The Morgan fingerprint density at radius 2 is 2.20 bits per heavy atom. The number of aliphatic hydroxyl groups excluding tert-OH is 1. The number of nitrogens with one attached hydrogen (secondary N) is 1. The van der Waals surface area contributed by atoms with Crippen molar-refractivity contribution in [2.45, 2.75) is 26.7 Å². The number of carbonyl (C=O) groups is 1. The molecular formula is C16H21NO3. The van der Waals surface area contributed by atoms with Gasteiger partial charge >= 0.3 is 0 Å². The molecule has 0 saturated heterocycles. The number of aryl methyl sites for hydroxylation is 1. The first kappa shape index (κ1) is 16.2. The molecule has 2 N–H and O–H groups in total. The van der Waals surface area contributed by atoms with Gasteiger partial charge in [0.05, 0.1) is 0 Å². The normalized spacial score (nSPS) is 9.75. The molecule has 4 heteroatoms. The monoisotopic (exact) mass is 275 g/mol. The van der Waals surface area contributed by atoms with Crippen molar-refractivity contribution in [2.24, 2.45) is 0 Å². The van der Waals surface area contributed by atoms with E-state index in [4.69, 9.17) is 9.84 Å². The molecule has 0 radical (unpaired) electrons. The smallest absolute Gasteiger partial charge is 0.224 e. The summed E-state index contributed by atoms with van der Waals surface area (Å²) in [6, 6.07) is 5.61. The first-order valence-electron chi connectivity index (χ1n) is 6.74. The molecule has 0 saturated carbocycles. The lowest BCUT2D eigenvalue weighted by Gasteiger charge is -2.07. The van der Waals surface area contributed by atoms with Crippen molar-refractivity contribution in [3.05, 3.63) is 29.3 Å². The van der Waals surface area contributed by atoms with Gasteiger partial charge in [-0.15, -0.1) is 0 Å². The molecule has 0 bridgehead atoms. The Kier molecular flexibility index (Phi) is 7.41. The van der Waals surface area contributed by atoms with Crippen LogP contribution in [0, 0.1) is 18.8 Å². The molecule has 0 heterocycles. The summed E-state index contributed by atoms with van der Waals surface area (Å²) in [4.78, 5) is 11.8. The van der Waals surface area contributed by atoms with E-state index in [9.17, 15) is 4.79 Å². The quantitative estimate of drug-likeness (QED) is 0.617. The Bertz CT molecular complexity index is 500. The average molecular weight is 275 g/mol. The van der Waals surface area contributed by atoms with Crippen molar-refractivity contribution in [3.8, 4) is 11.8 Å². The average Bonchev–Trinajstić information content (AvgIpc) is 2.41. The molecule has 0 aliphatic carbocycles. The van der Waals surface area contributed by atoms with Crippen LogP contribution in [0.5, 0.6) is 0 Å². The first-order valence-corrected chi connectivity index (χ1v) is 6.74. The van der Waals surface area contributed by atoms with Gasteiger partial charge in [0.15, 0.2) is 0 Å². The van der Waals surface area contributed by atoms with Crippen LogP contribution in [0.1, 0.15) is 30.9 Å². The second-order valence-electron chi connectivity index (χ2n) is 4.40.